The van der Waals surface area contributed by atoms with Crippen molar-refractivity contribution in [2.45, 2.75) is 59.7 Å². The van der Waals surface area contributed by atoms with Gasteiger partial charge in [-0.3, -0.25) is 9.80 Å². The zero-order valence-corrected chi connectivity index (χ0v) is 32.9. The molecule has 0 radical (unpaired) electrons. The Morgan fingerprint density at radius 1 is 0.620 bits per heavy atom. The van der Waals surface area contributed by atoms with Crippen LogP contribution in [0.3, 0.4) is 0 Å². The van der Waals surface area contributed by atoms with Gasteiger partial charge in [0.25, 0.3) is 0 Å². The van der Waals surface area contributed by atoms with E-state index in [1.807, 2.05) is 102 Å². The first-order chi connectivity index (χ1) is 23.5. The Kier molecular flexibility index (Phi) is 11.0. The number of aryl methyl sites for hydroxylation is 1. The number of amides is 2. The maximum atomic E-state index is 12.2. The van der Waals surface area contributed by atoms with E-state index in [9.17, 15) is 9.59 Å². The Morgan fingerprint density at radius 3 is 1.44 bits per heavy atom. The van der Waals surface area contributed by atoms with Crippen LogP contribution in [0.5, 0.6) is 0 Å². The van der Waals surface area contributed by atoms with Gasteiger partial charge in [-0.1, -0.05) is 22.0 Å². The summed E-state index contributed by atoms with van der Waals surface area (Å²) in [6, 6.07) is 27.9. The molecule has 6 aromatic rings. The second-order valence-electron chi connectivity index (χ2n) is 13.8. The van der Waals surface area contributed by atoms with Gasteiger partial charge in [-0.2, -0.15) is 0 Å². The first-order valence-corrected chi connectivity index (χ1v) is 18.5. The summed E-state index contributed by atoms with van der Waals surface area (Å²) in [5.41, 5.74) is 5.84. The molecule has 0 unspecified atom stereocenters. The molecule has 4 aromatic carbocycles. The number of rotatable bonds is 4. The molecule has 0 saturated heterocycles. The van der Waals surface area contributed by atoms with Crippen molar-refractivity contribution in [1.82, 2.24) is 9.97 Å². The number of fused-ring (bicyclic) bond motifs is 2. The van der Waals surface area contributed by atoms with Gasteiger partial charge in [0.1, 0.15) is 21.2 Å². The van der Waals surface area contributed by atoms with Gasteiger partial charge in [0.05, 0.1) is 20.4 Å². The maximum Gasteiger partial charge on any atom is 0.414 e. The number of ether oxygens (including phenoxy) is 2. The van der Waals surface area contributed by atoms with Crippen LogP contribution in [0, 0.1) is 6.92 Å². The van der Waals surface area contributed by atoms with E-state index in [2.05, 4.69) is 52.1 Å². The zero-order valence-electron chi connectivity index (χ0n) is 29.7. The van der Waals surface area contributed by atoms with E-state index < -0.39 is 11.2 Å². The van der Waals surface area contributed by atoms with Gasteiger partial charge in [-0.15, -0.1) is 22.7 Å². The van der Waals surface area contributed by atoms with Crippen molar-refractivity contribution in [3.05, 3.63) is 95.0 Å². The largest absolute Gasteiger partial charge is 0.443 e. The molecule has 8 nitrogen and oxygen atoms in total. The van der Waals surface area contributed by atoms with Gasteiger partial charge in [-0.25, -0.2) is 19.6 Å². The summed E-state index contributed by atoms with van der Waals surface area (Å²) < 4.78 is 14.2. The summed E-state index contributed by atoms with van der Waals surface area (Å²) in [7, 11) is 3.42. The van der Waals surface area contributed by atoms with Crippen LogP contribution in [0.1, 0.15) is 47.1 Å². The van der Waals surface area contributed by atoms with Crippen LogP contribution < -0.4 is 9.80 Å². The molecule has 0 N–H and O–H groups in total. The predicted octanol–water partition coefficient (Wildman–Crippen LogP) is 11.7. The van der Waals surface area contributed by atoms with Gasteiger partial charge in [0.2, 0.25) is 0 Å². The minimum Gasteiger partial charge on any atom is -0.443 e. The van der Waals surface area contributed by atoms with Gasteiger partial charge >= 0.3 is 12.2 Å². The monoisotopic (exact) mass is 772 g/mol. The molecule has 0 aliphatic heterocycles. The fourth-order valence-electron chi connectivity index (χ4n) is 4.70. The molecule has 11 heteroatoms. The van der Waals surface area contributed by atoms with Crippen LogP contribution >= 0.6 is 38.6 Å². The molecule has 260 valence electrons. The van der Waals surface area contributed by atoms with Crippen LogP contribution in [0.15, 0.2) is 89.4 Å². The molecule has 2 heterocycles. The van der Waals surface area contributed by atoms with E-state index in [0.29, 0.717) is 0 Å². The summed E-state index contributed by atoms with van der Waals surface area (Å²) in [6.07, 6.45) is -0.735. The van der Waals surface area contributed by atoms with E-state index in [4.69, 9.17) is 14.5 Å². The molecule has 6 rings (SSSR count). The summed E-state index contributed by atoms with van der Waals surface area (Å²) >= 11 is 6.81. The van der Waals surface area contributed by atoms with Gasteiger partial charge in [0.15, 0.2) is 0 Å². The molecule has 0 spiro atoms. The predicted molar refractivity (Wildman–Crippen MR) is 212 cm³/mol. The standard InChI is InChI=1S/C20H22N2O2S.C19H19BrN2O2S/c1-13-6-11-16-17(12-13)25-18(21-16)14-7-9-15(10-8-14)22(5)19(23)24-20(2,3)4;1-19(2,3)24-18(23)22(4)14-8-5-12(6-9-14)17-21-15-10-7-13(20)11-16(15)25-17/h6-12H,1-5H3;5-11H,1-4H3. The fraction of sp³-hybridized carbons (Fsp3) is 0.282. The topological polar surface area (TPSA) is 84.9 Å². The number of benzene rings is 4. The van der Waals surface area contributed by atoms with Gasteiger partial charge in [0, 0.05) is 41.1 Å². The highest BCUT2D eigenvalue weighted by molar-refractivity contribution is 9.10. The van der Waals surface area contributed by atoms with Crippen LogP contribution in [0.4, 0.5) is 21.0 Å². The van der Waals surface area contributed by atoms with Crippen molar-refractivity contribution in [3.63, 3.8) is 0 Å². The number of hydrogen-bond donors (Lipinski definition) is 0. The van der Waals surface area contributed by atoms with Crippen LogP contribution in [-0.4, -0.2) is 47.5 Å². The Balaban J connectivity index is 0.000000194. The van der Waals surface area contributed by atoms with Gasteiger partial charge in [-0.05, 0) is 133 Å². The number of halogens is 1. The lowest BCUT2D eigenvalue weighted by Gasteiger charge is -2.24. The minimum atomic E-state index is -0.513. The van der Waals surface area contributed by atoms with Crippen molar-refractivity contribution in [3.8, 4) is 21.1 Å². The fourth-order valence-corrected chi connectivity index (χ4v) is 7.30. The second-order valence-corrected chi connectivity index (χ2v) is 16.8. The van der Waals surface area contributed by atoms with Crippen molar-refractivity contribution >= 4 is 82.6 Å². The van der Waals surface area contributed by atoms with Crippen molar-refractivity contribution in [1.29, 1.82) is 0 Å². The molecule has 0 aliphatic rings. The highest BCUT2D eigenvalue weighted by atomic mass is 79.9. The molecule has 2 amide bonds. The molecule has 50 heavy (non-hydrogen) atoms. The van der Waals surface area contributed by atoms with Crippen molar-refractivity contribution in [2.75, 3.05) is 23.9 Å². The molecular weight excluding hydrogens is 732 g/mol. The molecule has 2 aromatic heterocycles. The number of nitrogens with zero attached hydrogens (tertiary/aromatic N) is 4. The van der Waals surface area contributed by atoms with E-state index in [1.165, 1.54) is 20.1 Å². The summed E-state index contributed by atoms with van der Waals surface area (Å²) in [5, 5.41) is 1.94. The SMILES string of the molecule is CN(C(=O)OC(C)(C)C)c1ccc(-c2nc3ccc(Br)cc3s2)cc1.Cc1ccc2nc(-c3ccc(N(C)C(=O)OC(C)(C)C)cc3)sc2c1. The number of thiazole rings is 2. The summed E-state index contributed by atoms with van der Waals surface area (Å²) in [5.74, 6) is 0. The summed E-state index contributed by atoms with van der Waals surface area (Å²) in [6.45, 7) is 13.2. The average molecular weight is 774 g/mol. The van der Waals surface area contributed by atoms with E-state index in [1.54, 1.807) is 36.8 Å². The zero-order chi connectivity index (χ0) is 36.4. The van der Waals surface area contributed by atoms with E-state index >= 15 is 0 Å². The first kappa shape index (κ1) is 36.9. The Morgan fingerprint density at radius 2 is 1.02 bits per heavy atom. The normalized spacial score (nSPS) is 11.6. The number of aromatic nitrogens is 2. The Hall–Kier alpha value is -4.32. The quantitative estimate of drug-likeness (QED) is 0.177. The highest BCUT2D eigenvalue weighted by Gasteiger charge is 2.22. The van der Waals surface area contributed by atoms with Crippen molar-refractivity contribution < 1.29 is 19.1 Å². The minimum absolute atomic E-state index is 0.365. The van der Waals surface area contributed by atoms with Crippen LogP contribution in [0.25, 0.3) is 41.6 Å². The highest BCUT2D eigenvalue weighted by Crippen LogP contribution is 2.34. The maximum absolute atomic E-state index is 12.2. The van der Waals surface area contributed by atoms with Crippen molar-refractivity contribution in [2.24, 2.45) is 0 Å². The third-order valence-corrected chi connectivity index (χ3v) is 9.86. The molecule has 0 saturated carbocycles. The smallest absolute Gasteiger partial charge is 0.414 e. The number of anilines is 2. The number of carbonyl (C=O) groups is 2. The third-order valence-electron chi connectivity index (χ3n) is 7.23. The third kappa shape index (κ3) is 9.47. The summed E-state index contributed by atoms with van der Waals surface area (Å²) in [4.78, 5) is 36.7. The van der Waals surface area contributed by atoms with Crippen LogP contribution in [-0.2, 0) is 9.47 Å². The van der Waals surface area contributed by atoms with Crippen LogP contribution in [0.2, 0.25) is 0 Å². The first-order valence-electron chi connectivity index (χ1n) is 16.0. The lowest BCUT2D eigenvalue weighted by atomic mass is 10.2. The average Bonchev–Trinajstić information content (AvgIpc) is 3.67. The molecule has 0 fully saturated rings. The lowest BCUT2D eigenvalue weighted by molar-refractivity contribution is 0.0578. The molecule has 0 atom stereocenters. The second kappa shape index (κ2) is 14.9. The van der Waals surface area contributed by atoms with E-state index in [-0.39, 0.29) is 12.2 Å². The molecule has 0 aliphatic carbocycles. The lowest BCUT2D eigenvalue weighted by Crippen LogP contribution is -2.34. The Bertz CT molecular complexity index is 1980. The Labute approximate surface area is 309 Å². The molecule has 0 bridgehead atoms. The van der Waals surface area contributed by atoms with E-state index in [0.717, 1.165) is 52.7 Å². The molecular formula is C39H41BrN4O4S2. The number of carbonyl (C=O) groups excluding carboxylic acids is 2. The van der Waals surface area contributed by atoms with Gasteiger partial charge < -0.3 is 9.47 Å². The number of hydrogen-bond acceptors (Lipinski definition) is 8.